The minimum Gasteiger partial charge on any atom is -0.351 e. The lowest BCUT2D eigenvalue weighted by atomic mass is 9.99. The lowest BCUT2D eigenvalue weighted by Crippen LogP contribution is -2.55. The van der Waals surface area contributed by atoms with Gasteiger partial charge >= 0.3 is 0 Å². The molecule has 0 aromatic heterocycles. The van der Waals surface area contributed by atoms with E-state index in [-0.39, 0.29) is 23.7 Å². The molecule has 0 heterocycles. The van der Waals surface area contributed by atoms with Crippen LogP contribution in [0.1, 0.15) is 108 Å². The number of benzene rings is 1. The van der Waals surface area contributed by atoms with E-state index in [0.717, 1.165) is 38.8 Å². The first-order chi connectivity index (χ1) is 20.8. The third-order valence-electron chi connectivity index (χ3n) is 7.09. The first-order valence-electron chi connectivity index (χ1n) is 16.3. The Balaban J connectivity index is 2.91. The second kappa shape index (κ2) is 20.6. The molecule has 4 amide bonds. The number of carbonyl (C=O) groups excluding carboxylic acids is 5. The van der Waals surface area contributed by atoms with Crippen LogP contribution in [0.15, 0.2) is 24.3 Å². The summed E-state index contributed by atoms with van der Waals surface area (Å²) < 4.78 is 0. The van der Waals surface area contributed by atoms with Crippen molar-refractivity contribution in [2.45, 2.75) is 106 Å². The Labute approximate surface area is 264 Å². The maximum atomic E-state index is 13.4. The molecular weight excluding hydrogens is 558 g/mol. The summed E-state index contributed by atoms with van der Waals surface area (Å²) in [7, 11) is 0. The number of carbonyl (C=O) groups is 5. The smallest absolute Gasteiger partial charge is 0.251 e. The van der Waals surface area contributed by atoms with E-state index in [0.29, 0.717) is 36.9 Å². The van der Waals surface area contributed by atoms with Gasteiger partial charge in [0.15, 0.2) is 0 Å². The van der Waals surface area contributed by atoms with Gasteiger partial charge in [0.05, 0.1) is 6.04 Å². The van der Waals surface area contributed by atoms with Crippen LogP contribution in [0, 0.1) is 17.8 Å². The van der Waals surface area contributed by atoms with Crippen LogP contribution < -0.4 is 21.3 Å². The molecule has 0 radical (unpaired) electrons. The fourth-order valence-corrected chi connectivity index (χ4v) is 5.03. The Bertz CT molecular complexity index is 1040. The summed E-state index contributed by atoms with van der Waals surface area (Å²) in [6.45, 7) is 19.3. The number of rotatable bonds is 21. The third kappa shape index (κ3) is 14.9. The van der Waals surface area contributed by atoms with E-state index in [4.69, 9.17) is 0 Å². The fraction of sp³-hybridized carbons (Fsp3) is 0.676. The highest BCUT2D eigenvalue weighted by Gasteiger charge is 2.29. The average molecular weight is 616 g/mol. The van der Waals surface area contributed by atoms with Crippen molar-refractivity contribution < 1.29 is 24.0 Å². The van der Waals surface area contributed by atoms with Gasteiger partial charge in [-0.15, -0.1) is 0 Å². The normalized spacial score (nSPS) is 13.5. The minimum absolute atomic E-state index is 0.0885. The summed E-state index contributed by atoms with van der Waals surface area (Å²) >= 11 is 0. The number of nitrogens with zero attached hydrogens (tertiary/aromatic N) is 1. The van der Waals surface area contributed by atoms with Gasteiger partial charge in [-0.25, -0.2) is 0 Å². The predicted molar refractivity (Wildman–Crippen MR) is 175 cm³/mol. The van der Waals surface area contributed by atoms with Crippen molar-refractivity contribution in [1.29, 1.82) is 0 Å². The van der Waals surface area contributed by atoms with E-state index in [2.05, 4.69) is 40.0 Å². The van der Waals surface area contributed by atoms with Gasteiger partial charge in [-0.3, -0.25) is 19.2 Å². The molecule has 248 valence electrons. The molecule has 0 aliphatic carbocycles. The first kappa shape index (κ1) is 38.8. The Morgan fingerprint density at radius 3 is 1.57 bits per heavy atom. The molecule has 0 aliphatic heterocycles. The van der Waals surface area contributed by atoms with Gasteiger partial charge in [0.25, 0.3) is 11.8 Å². The van der Waals surface area contributed by atoms with Gasteiger partial charge in [0.2, 0.25) is 11.8 Å². The van der Waals surface area contributed by atoms with Crippen LogP contribution in [0.5, 0.6) is 0 Å². The van der Waals surface area contributed by atoms with Crippen LogP contribution >= 0.6 is 0 Å². The average Bonchev–Trinajstić information content (AvgIpc) is 2.95. The van der Waals surface area contributed by atoms with Crippen LogP contribution in [0.25, 0.3) is 0 Å². The topological polar surface area (TPSA) is 137 Å². The van der Waals surface area contributed by atoms with E-state index in [9.17, 15) is 24.0 Å². The molecule has 3 atom stereocenters. The summed E-state index contributed by atoms with van der Waals surface area (Å²) in [6.07, 6.45) is 4.09. The predicted octanol–water partition coefficient (Wildman–Crippen LogP) is 3.94. The lowest BCUT2D eigenvalue weighted by molar-refractivity contribution is -0.131. The zero-order valence-electron chi connectivity index (χ0n) is 28.2. The monoisotopic (exact) mass is 615 g/mol. The highest BCUT2D eigenvalue weighted by Crippen LogP contribution is 2.12. The van der Waals surface area contributed by atoms with Crippen molar-refractivity contribution in [2.75, 3.05) is 26.2 Å². The second-order valence-corrected chi connectivity index (χ2v) is 12.9. The molecule has 44 heavy (non-hydrogen) atoms. The minimum atomic E-state index is -0.875. The second-order valence-electron chi connectivity index (χ2n) is 12.9. The van der Waals surface area contributed by atoms with Gasteiger partial charge in [0, 0.05) is 24.2 Å². The molecular formula is C34H57N5O5. The molecule has 10 nitrogen and oxygen atoms in total. The van der Waals surface area contributed by atoms with E-state index in [1.807, 2.05) is 41.5 Å². The number of hydrogen-bond acceptors (Lipinski definition) is 6. The Hall–Kier alpha value is -3.27. The van der Waals surface area contributed by atoms with Crippen LogP contribution in [-0.4, -0.2) is 79.1 Å². The summed E-state index contributed by atoms with van der Waals surface area (Å²) in [4.78, 5) is 66.2. The Morgan fingerprint density at radius 1 is 0.659 bits per heavy atom. The van der Waals surface area contributed by atoms with E-state index in [1.54, 1.807) is 24.3 Å². The Morgan fingerprint density at radius 2 is 1.11 bits per heavy atom. The maximum absolute atomic E-state index is 13.4. The fourth-order valence-electron chi connectivity index (χ4n) is 5.03. The van der Waals surface area contributed by atoms with E-state index < -0.39 is 35.8 Å². The number of aldehydes is 1. The number of amides is 4. The zero-order valence-corrected chi connectivity index (χ0v) is 28.2. The standard InChI is InChI=1S/C34H57N5O5/c1-9-16-39(17-10-2)18-15-35-31(41)26-11-13-27(14-12-26)32(42)37-30(21-25(7)8)34(44)38-29(20-24(5)6)33(43)36-28(22-40)19-23(3)4/h11-14,22-25,28-30H,9-10,15-21H2,1-8H3,(H,35,41)(H,36,43)(H,37,42)(H,38,44)/t28-,29-,30-/m0/s1. The summed E-state index contributed by atoms with van der Waals surface area (Å²) in [6, 6.07) is 3.97. The molecule has 0 fully saturated rings. The first-order valence-corrected chi connectivity index (χ1v) is 16.3. The third-order valence-corrected chi connectivity index (χ3v) is 7.09. The van der Waals surface area contributed by atoms with Gasteiger partial charge in [-0.1, -0.05) is 55.4 Å². The zero-order chi connectivity index (χ0) is 33.2. The summed E-state index contributed by atoms with van der Waals surface area (Å²) in [5, 5.41) is 11.3. The van der Waals surface area contributed by atoms with E-state index >= 15 is 0 Å². The van der Waals surface area contributed by atoms with Crippen molar-refractivity contribution in [3.63, 3.8) is 0 Å². The largest absolute Gasteiger partial charge is 0.351 e. The van der Waals surface area contributed by atoms with E-state index in [1.165, 1.54) is 0 Å². The number of nitrogens with one attached hydrogen (secondary N) is 4. The van der Waals surface area contributed by atoms with Gasteiger partial charge in [-0.2, -0.15) is 0 Å². The maximum Gasteiger partial charge on any atom is 0.251 e. The molecule has 0 unspecified atom stereocenters. The Kier molecular flexibility index (Phi) is 18.2. The molecule has 1 aromatic carbocycles. The summed E-state index contributed by atoms with van der Waals surface area (Å²) in [5.74, 6) is -1.13. The van der Waals surface area contributed by atoms with Crippen molar-refractivity contribution in [1.82, 2.24) is 26.2 Å². The molecule has 0 bridgehead atoms. The lowest BCUT2D eigenvalue weighted by Gasteiger charge is -2.26. The molecule has 0 spiro atoms. The summed E-state index contributed by atoms with van der Waals surface area (Å²) in [5.41, 5.74) is 0.767. The van der Waals surface area contributed by atoms with Crippen LogP contribution in [0.4, 0.5) is 0 Å². The van der Waals surface area contributed by atoms with Crippen molar-refractivity contribution in [3.05, 3.63) is 35.4 Å². The molecule has 1 rings (SSSR count). The SMILES string of the molecule is CCCN(CCC)CCNC(=O)c1ccc(C(=O)N[C@@H](CC(C)C)C(=O)N[C@@H](CC(C)C)C(=O)N[C@H](C=O)CC(C)C)cc1. The highest BCUT2D eigenvalue weighted by atomic mass is 16.2. The molecule has 0 saturated heterocycles. The van der Waals surface area contributed by atoms with Crippen molar-refractivity contribution in [2.24, 2.45) is 17.8 Å². The van der Waals surface area contributed by atoms with Crippen LogP contribution in [-0.2, 0) is 14.4 Å². The van der Waals surface area contributed by atoms with Gasteiger partial charge in [-0.05, 0) is 87.2 Å². The quantitative estimate of drug-likeness (QED) is 0.155. The van der Waals surface area contributed by atoms with Crippen molar-refractivity contribution in [3.8, 4) is 0 Å². The highest BCUT2D eigenvalue weighted by molar-refractivity contribution is 6.00. The number of hydrogen-bond donors (Lipinski definition) is 4. The van der Waals surface area contributed by atoms with Crippen molar-refractivity contribution >= 4 is 29.9 Å². The molecule has 0 aliphatic rings. The molecule has 0 saturated carbocycles. The molecule has 1 aromatic rings. The molecule has 4 N–H and O–H groups in total. The van der Waals surface area contributed by atoms with Crippen LogP contribution in [0.3, 0.4) is 0 Å². The van der Waals surface area contributed by atoms with Gasteiger partial charge < -0.3 is 31.0 Å². The van der Waals surface area contributed by atoms with Crippen LogP contribution in [0.2, 0.25) is 0 Å². The molecule has 10 heteroatoms. The van der Waals surface area contributed by atoms with Gasteiger partial charge in [0.1, 0.15) is 18.4 Å².